The van der Waals surface area contributed by atoms with Gasteiger partial charge in [0.1, 0.15) is 13.2 Å². The van der Waals surface area contributed by atoms with Crippen molar-refractivity contribution in [2.75, 3.05) is 18.5 Å². The maximum absolute atomic E-state index is 13.5. The molecule has 33 heavy (non-hydrogen) atoms. The summed E-state index contributed by atoms with van der Waals surface area (Å²) in [6.07, 6.45) is 1.39. The molecule has 178 valence electrons. The largest absolute Gasteiger partial charge is 0.486 e. The second-order valence-electron chi connectivity index (χ2n) is 7.83. The molecule has 1 saturated carbocycles. The summed E-state index contributed by atoms with van der Waals surface area (Å²) in [4.78, 5) is 12.6. The molecular formula is C21H21F3N2O6S. The number of nitrogens with one attached hydrogen (secondary N) is 2. The number of benzene rings is 2. The van der Waals surface area contributed by atoms with Crippen molar-refractivity contribution in [2.45, 2.75) is 42.7 Å². The fourth-order valence-corrected chi connectivity index (χ4v) is 5.11. The molecule has 1 aliphatic carbocycles. The lowest BCUT2D eigenvalue weighted by Gasteiger charge is -2.26. The Labute approximate surface area is 187 Å². The van der Waals surface area contributed by atoms with Crippen LogP contribution in [0.15, 0.2) is 29.2 Å². The van der Waals surface area contributed by atoms with Gasteiger partial charge in [-0.05, 0) is 31.7 Å². The van der Waals surface area contributed by atoms with Gasteiger partial charge < -0.3 is 19.9 Å². The molecular weight excluding hydrogens is 465 g/mol. The zero-order valence-corrected chi connectivity index (χ0v) is 18.1. The third kappa shape index (κ3) is 5.07. The monoisotopic (exact) mass is 486 g/mol. The molecule has 2 aromatic carbocycles. The summed E-state index contributed by atoms with van der Waals surface area (Å²) >= 11 is 0. The summed E-state index contributed by atoms with van der Waals surface area (Å²) in [5.41, 5.74) is -0.606. The number of aliphatic hydroxyl groups excluding tert-OH is 1. The molecule has 1 amide bonds. The fourth-order valence-electron chi connectivity index (χ4n) is 3.76. The molecule has 0 atom stereocenters. The van der Waals surface area contributed by atoms with Crippen LogP contribution in [0.3, 0.4) is 0 Å². The number of amides is 1. The van der Waals surface area contributed by atoms with Gasteiger partial charge in [0.05, 0.1) is 16.6 Å². The molecule has 8 nitrogen and oxygen atoms in total. The summed E-state index contributed by atoms with van der Waals surface area (Å²) in [5.74, 6) is -5.61. The molecule has 4 rings (SSSR count). The lowest BCUT2D eigenvalue weighted by molar-refractivity contribution is 0.101. The number of fused-ring (bicyclic) bond motifs is 1. The highest BCUT2D eigenvalue weighted by atomic mass is 32.2. The predicted octanol–water partition coefficient (Wildman–Crippen LogP) is 2.71. The summed E-state index contributed by atoms with van der Waals surface area (Å²) in [5, 5.41) is 11.8. The van der Waals surface area contributed by atoms with E-state index in [0.29, 0.717) is 37.8 Å². The number of anilines is 1. The van der Waals surface area contributed by atoms with E-state index in [1.807, 2.05) is 0 Å². The van der Waals surface area contributed by atoms with Crippen LogP contribution in [0.25, 0.3) is 0 Å². The number of sulfonamides is 1. The fraction of sp³-hybridized carbons (Fsp3) is 0.381. The van der Waals surface area contributed by atoms with Crippen LogP contribution in [0.5, 0.6) is 11.5 Å². The molecule has 1 aliphatic heterocycles. The van der Waals surface area contributed by atoms with Gasteiger partial charge in [-0.1, -0.05) is 0 Å². The number of carbonyl (C=O) groups is 1. The average molecular weight is 486 g/mol. The van der Waals surface area contributed by atoms with Gasteiger partial charge in [0.25, 0.3) is 5.91 Å². The molecule has 3 N–H and O–H groups in total. The second-order valence-corrected chi connectivity index (χ2v) is 9.54. The van der Waals surface area contributed by atoms with Crippen LogP contribution < -0.4 is 19.5 Å². The molecule has 2 aliphatic rings. The first-order valence-corrected chi connectivity index (χ1v) is 11.7. The number of carbonyl (C=O) groups excluding carboxylic acids is 1. The van der Waals surface area contributed by atoms with Gasteiger partial charge in [-0.25, -0.2) is 26.3 Å². The molecule has 0 spiro atoms. The Bertz CT molecular complexity index is 1160. The minimum Gasteiger partial charge on any atom is -0.486 e. The van der Waals surface area contributed by atoms with Gasteiger partial charge in [-0.3, -0.25) is 4.79 Å². The highest BCUT2D eigenvalue weighted by Gasteiger charge is 2.29. The van der Waals surface area contributed by atoms with Gasteiger partial charge in [-0.15, -0.1) is 0 Å². The van der Waals surface area contributed by atoms with Crippen molar-refractivity contribution in [3.8, 4) is 11.5 Å². The van der Waals surface area contributed by atoms with E-state index in [1.54, 1.807) is 0 Å². The first-order chi connectivity index (χ1) is 15.6. The van der Waals surface area contributed by atoms with Crippen molar-refractivity contribution in [1.82, 2.24) is 4.72 Å². The number of hydrogen-bond donors (Lipinski definition) is 3. The number of rotatable bonds is 5. The van der Waals surface area contributed by atoms with Crippen LogP contribution in [-0.2, 0) is 10.0 Å². The Morgan fingerprint density at radius 2 is 1.61 bits per heavy atom. The zero-order valence-electron chi connectivity index (χ0n) is 17.2. The molecule has 0 radical (unpaired) electrons. The van der Waals surface area contributed by atoms with Crippen molar-refractivity contribution in [1.29, 1.82) is 0 Å². The Kier molecular flexibility index (Phi) is 6.50. The van der Waals surface area contributed by atoms with Gasteiger partial charge >= 0.3 is 0 Å². The lowest BCUT2D eigenvalue weighted by atomic mass is 9.94. The van der Waals surface area contributed by atoms with Crippen LogP contribution in [0, 0.1) is 17.5 Å². The smallest absolute Gasteiger partial charge is 0.259 e. The van der Waals surface area contributed by atoms with E-state index >= 15 is 0 Å². The van der Waals surface area contributed by atoms with Crippen LogP contribution in [-0.4, -0.2) is 44.8 Å². The summed E-state index contributed by atoms with van der Waals surface area (Å²) in [6.45, 7) is 0.224. The van der Waals surface area contributed by atoms with E-state index in [9.17, 15) is 31.5 Å². The van der Waals surface area contributed by atoms with Crippen molar-refractivity contribution >= 4 is 21.6 Å². The van der Waals surface area contributed by atoms with Crippen LogP contribution in [0.1, 0.15) is 36.0 Å². The van der Waals surface area contributed by atoms with Crippen LogP contribution >= 0.6 is 0 Å². The van der Waals surface area contributed by atoms with Crippen molar-refractivity contribution in [3.63, 3.8) is 0 Å². The number of ether oxygens (including phenoxy) is 2. The maximum Gasteiger partial charge on any atom is 0.259 e. The maximum atomic E-state index is 13.5. The Hall–Kier alpha value is -2.83. The topological polar surface area (TPSA) is 114 Å². The van der Waals surface area contributed by atoms with E-state index in [4.69, 9.17) is 9.47 Å². The van der Waals surface area contributed by atoms with E-state index in [0.717, 1.165) is 6.07 Å². The van der Waals surface area contributed by atoms with Crippen molar-refractivity contribution in [2.24, 2.45) is 0 Å². The minimum absolute atomic E-state index is 0.0183. The third-order valence-electron chi connectivity index (χ3n) is 5.43. The minimum atomic E-state index is -4.08. The molecule has 0 unspecified atom stereocenters. The molecule has 12 heteroatoms. The highest BCUT2D eigenvalue weighted by Crippen LogP contribution is 2.37. The SMILES string of the molecule is O=C(Nc1cc(F)c(F)c(F)c1)c1cc(S(=O)(=O)NC2CCC(O)CC2)cc2c1OCCO2. The Morgan fingerprint density at radius 3 is 2.27 bits per heavy atom. The van der Waals surface area contributed by atoms with Gasteiger partial charge in [0.2, 0.25) is 10.0 Å². The van der Waals surface area contributed by atoms with Gasteiger partial charge in [-0.2, -0.15) is 0 Å². The van der Waals surface area contributed by atoms with Gasteiger partial charge in [0, 0.05) is 29.9 Å². The number of halogens is 3. The van der Waals surface area contributed by atoms with E-state index in [-0.39, 0.29) is 46.9 Å². The molecule has 2 aromatic rings. The quantitative estimate of drug-likeness (QED) is 0.560. The Morgan fingerprint density at radius 1 is 0.970 bits per heavy atom. The zero-order chi connectivity index (χ0) is 23.8. The van der Waals surface area contributed by atoms with Crippen molar-refractivity contribution < 1.29 is 41.0 Å². The highest BCUT2D eigenvalue weighted by molar-refractivity contribution is 7.89. The summed E-state index contributed by atoms with van der Waals surface area (Å²) < 4.78 is 79.7. The summed E-state index contributed by atoms with van der Waals surface area (Å²) in [6, 6.07) is 3.11. The summed E-state index contributed by atoms with van der Waals surface area (Å²) in [7, 11) is -4.08. The second kappa shape index (κ2) is 9.20. The molecule has 0 aromatic heterocycles. The third-order valence-corrected chi connectivity index (χ3v) is 6.93. The first kappa shape index (κ1) is 23.3. The molecule has 0 saturated heterocycles. The van der Waals surface area contributed by atoms with E-state index in [1.165, 1.54) is 6.07 Å². The van der Waals surface area contributed by atoms with E-state index in [2.05, 4.69) is 10.0 Å². The predicted molar refractivity (Wildman–Crippen MR) is 110 cm³/mol. The van der Waals surface area contributed by atoms with E-state index < -0.39 is 39.5 Å². The molecule has 1 fully saturated rings. The van der Waals surface area contributed by atoms with Crippen LogP contribution in [0.2, 0.25) is 0 Å². The molecule has 0 bridgehead atoms. The Balaban J connectivity index is 1.65. The van der Waals surface area contributed by atoms with Crippen molar-refractivity contribution in [3.05, 3.63) is 47.3 Å². The van der Waals surface area contributed by atoms with Crippen LogP contribution in [0.4, 0.5) is 18.9 Å². The normalized spacial score (nSPS) is 20.4. The first-order valence-electron chi connectivity index (χ1n) is 10.2. The lowest BCUT2D eigenvalue weighted by Crippen LogP contribution is -2.38. The number of hydrogen-bond acceptors (Lipinski definition) is 6. The standard InChI is InChI=1S/C21H21F3N2O6S/c22-16-7-12(8-17(23)19(16)24)25-21(28)15-9-14(10-18-20(15)32-6-5-31-18)33(29,30)26-11-1-3-13(27)4-2-11/h7-11,13,26-27H,1-6H2,(H,25,28). The molecule has 1 heterocycles. The average Bonchev–Trinajstić information content (AvgIpc) is 2.78. The van der Waals surface area contributed by atoms with Gasteiger partial charge in [0.15, 0.2) is 29.0 Å². The number of aliphatic hydroxyl groups is 1.